The van der Waals surface area contributed by atoms with E-state index < -0.39 is 11.7 Å². The Morgan fingerprint density at radius 2 is 0.825 bits per heavy atom. The Morgan fingerprint density at radius 1 is 0.397 bits per heavy atom. The number of nitrogens with zero attached hydrogens (tertiary/aromatic N) is 5. The van der Waals surface area contributed by atoms with Crippen LogP contribution < -0.4 is 0 Å². The minimum atomic E-state index is -4.63. The average molecular weight is 834 g/mol. The molecule has 312 valence electrons. The number of rotatable bonds is 5. The molecule has 0 N–H and O–H groups in total. The fourth-order valence-corrected chi connectivity index (χ4v) is 8.84. The maximum absolute atomic E-state index is 14.9. The van der Waals surface area contributed by atoms with Crippen molar-refractivity contribution in [3.8, 4) is 45.5 Å². The molecule has 0 saturated heterocycles. The Bertz CT molecular complexity index is 3420. The van der Waals surface area contributed by atoms with Crippen LogP contribution in [0, 0.1) is 6.92 Å². The topological polar surface area (TPSA) is 48.5 Å². The first kappa shape index (κ1) is 40.0. The van der Waals surface area contributed by atoms with Crippen molar-refractivity contribution in [1.29, 1.82) is 0 Å². The van der Waals surface area contributed by atoms with Crippen molar-refractivity contribution in [1.82, 2.24) is 24.1 Å². The highest BCUT2D eigenvalue weighted by Gasteiger charge is 2.33. The second-order valence-electron chi connectivity index (χ2n) is 18.6. The number of aryl methyl sites for hydroxylation is 1. The number of hydrogen-bond acceptors (Lipinski definition) is 3. The molecule has 0 unspecified atom stereocenters. The molecule has 0 aliphatic heterocycles. The smallest absolute Gasteiger partial charge is 0.308 e. The zero-order valence-corrected chi connectivity index (χ0v) is 36.3. The summed E-state index contributed by atoms with van der Waals surface area (Å²) in [6.07, 6.45) is -4.63. The van der Waals surface area contributed by atoms with Crippen LogP contribution in [0.15, 0.2) is 152 Å². The molecule has 0 amide bonds. The summed E-state index contributed by atoms with van der Waals surface area (Å²) in [7, 11) is 0. The third-order valence-corrected chi connectivity index (χ3v) is 12.2. The Hall–Kier alpha value is -7.06. The zero-order chi connectivity index (χ0) is 44.0. The third-order valence-electron chi connectivity index (χ3n) is 12.2. The first-order valence-corrected chi connectivity index (χ1v) is 21.3. The van der Waals surface area contributed by atoms with Crippen molar-refractivity contribution in [3.63, 3.8) is 0 Å². The summed E-state index contributed by atoms with van der Waals surface area (Å²) in [4.78, 5) is 15.4. The predicted molar refractivity (Wildman–Crippen MR) is 252 cm³/mol. The van der Waals surface area contributed by atoms with Crippen LogP contribution >= 0.6 is 0 Å². The lowest BCUT2D eigenvalue weighted by Crippen LogP contribution is -2.11. The fraction of sp³-hybridized carbons (Fsp3) is 0.182. The van der Waals surface area contributed by atoms with Gasteiger partial charge in [0.05, 0.1) is 39.0 Å². The van der Waals surface area contributed by atoms with Gasteiger partial charge in [-0.3, -0.25) is 0 Å². The molecule has 0 bridgehead atoms. The van der Waals surface area contributed by atoms with Crippen molar-refractivity contribution in [3.05, 3.63) is 174 Å². The van der Waals surface area contributed by atoms with Gasteiger partial charge < -0.3 is 9.13 Å². The van der Waals surface area contributed by atoms with Gasteiger partial charge in [-0.05, 0) is 83.5 Å². The molecule has 0 radical (unpaired) electrons. The van der Waals surface area contributed by atoms with Crippen LogP contribution in [-0.2, 0) is 17.0 Å². The average Bonchev–Trinajstić information content (AvgIpc) is 3.77. The van der Waals surface area contributed by atoms with Crippen molar-refractivity contribution in [2.24, 2.45) is 0 Å². The van der Waals surface area contributed by atoms with E-state index in [1.54, 1.807) is 6.07 Å². The standard InChI is InChI=1S/C55H46F3N5/c1-33-21-27-46(62-44-19-13-11-17-38(44)40-25-22-35(31-48(40)62)53(2,3)4)42(29-33)51-59-50(34-15-9-8-10-16-34)60-52(61-51)43-30-37(55(56,57)58)24-28-47(43)63-45-20-14-12-18-39(45)41-26-23-36(32-49(41)63)54(5,6)7/h8-32H,1-7H3. The summed E-state index contributed by atoms with van der Waals surface area (Å²) in [5, 5.41) is 4.21. The van der Waals surface area contributed by atoms with Crippen LogP contribution in [0.4, 0.5) is 13.2 Å². The van der Waals surface area contributed by atoms with E-state index in [9.17, 15) is 13.2 Å². The number of benzene rings is 7. The number of hydrogen-bond donors (Lipinski definition) is 0. The monoisotopic (exact) mass is 833 g/mol. The molecule has 10 rings (SSSR count). The van der Waals surface area contributed by atoms with E-state index >= 15 is 0 Å². The molecule has 7 aromatic carbocycles. The summed E-state index contributed by atoms with van der Waals surface area (Å²) in [5.41, 5.74) is 9.02. The summed E-state index contributed by atoms with van der Waals surface area (Å²) < 4.78 is 49.0. The van der Waals surface area contributed by atoms with Gasteiger partial charge in [0.15, 0.2) is 17.5 Å². The van der Waals surface area contributed by atoms with Crippen molar-refractivity contribution >= 4 is 43.6 Å². The quantitative estimate of drug-likeness (QED) is 0.174. The van der Waals surface area contributed by atoms with Gasteiger partial charge in [0.1, 0.15) is 0 Å². The maximum Gasteiger partial charge on any atom is 0.416 e. The fourth-order valence-electron chi connectivity index (χ4n) is 8.84. The molecule has 5 nitrogen and oxygen atoms in total. The maximum atomic E-state index is 14.9. The van der Waals surface area contributed by atoms with E-state index in [0.717, 1.165) is 72.1 Å². The van der Waals surface area contributed by atoms with E-state index in [0.29, 0.717) is 22.9 Å². The van der Waals surface area contributed by atoms with Gasteiger partial charge in [-0.15, -0.1) is 0 Å². The molecule has 3 aromatic heterocycles. The van der Waals surface area contributed by atoms with Crippen molar-refractivity contribution in [2.45, 2.75) is 65.5 Å². The molecule has 0 aliphatic rings. The number of fused-ring (bicyclic) bond motifs is 6. The van der Waals surface area contributed by atoms with Crippen molar-refractivity contribution in [2.75, 3.05) is 0 Å². The van der Waals surface area contributed by atoms with Gasteiger partial charge in [0.25, 0.3) is 0 Å². The zero-order valence-electron chi connectivity index (χ0n) is 36.3. The van der Waals surface area contributed by atoms with Gasteiger partial charge in [0.2, 0.25) is 0 Å². The van der Waals surface area contributed by atoms with E-state index in [4.69, 9.17) is 15.0 Å². The highest BCUT2D eigenvalue weighted by Crippen LogP contribution is 2.42. The predicted octanol–water partition coefficient (Wildman–Crippen LogP) is 15.0. The van der Waals surface area contributed by atoms with E-state index in [1.165, 1.54) is 11.6 Å². The first-order chi connectivity index (χ1) is 30.0. The second kappa shape index (κ2) is 14.5. The van der Waals surface area contributed by atoms with Gasteiger partial charge in [0, 0.05) is 38.2 Å². The van der Waals surface area contributed by atoms with Crippen LogP contribution in [-0.4, -0.2) is 24.1 Å². The van der Waals surface area contributed by atoms with E-state index in [-0.39, 0.29) is 22.2 Å². The Morgan fingerprint density at radius 3 is 1.33 bits per heavy atom. The largest absolute Gasteiger partial charge is 0.416 e. The lowest BCUT2D eigenvalue weighted by atomic mass is 9.86. The summed E-state index contributed by atoms with van der Waals surface area (Å²) >= 11 is 0. The summed E-state index contributed by atoms with van der Waals surface area (Å²) in [5.74, 6) is 0.819. The SMILES string of the molecule is Cc1ccc(-n2c3ccccc3c3ccc(C(C)(C)C)cc32)c(-c2nc(-c3ccccc3)nc(-c3cc(C(F)(F)F)ccc3-n3c4ccccc4c4ccc(C(C)(C)C)cc43)n2)c1. The molecule has 0 fully saturated rings. The van der Waals surface area contributed by atoms with Crippen LogP contribution in [0.25, 0.3) is 89.2 Å². The minimum Gasteiger partial charge on any atom is -0.308 e. The number of aromatic nitrogens is 5. The minimum absolute atomic E-state index is 0.105. The lowest BCUT2D eigenvalue weighted by Gasteiger charge is -2.21. The molecule has 63 heavy (non-hydrogen) atoms. The number of halogens is 3. The van der Waals surface area contributed by atoms with Crippen LogP contribution in [0.5, 0.6) is 0 Å². The molecule has 3 heterocycles. The van der Waals surface area contributed by atoms with Gasteiger partial charge in [-0.2, -0.15) is 13.2 Å². The van der Waals surface area contributed by atoms with E-state index in [1.807, 2.05) is 61.5 Å². The molecule has 8 heteroatoms. The third kappa shape index (κ3) is 6.94. The van der Waals surface area contributed by atoms with Gasteiger partial charge in [-0.25, -0.2) is 15.0 Å². The second-order valence-corrected chi connectivity index (χ2v) is 18.6. The van der Waals surface area contributed by atoms with Crippen LogP contribution in [0.3, 0.4) is 0 Å². The van der Waals surface area contributed by atoms with Crippen molar-refractivity contribution < 1.29 is 13.2 Å². The number of para-hydroxylation sites is 2. The van der Waals surface area contributed by atoms with Crippen LogP contribution in [0.1, 0.15) is 63.8 Å². The molecule has 0 aliphatic carbocycles. The van der Waals surface area contributed by atoms with E-state index in [2.05, 4.69) is 130 Å². The highest BCUT2D eigenvalue weighted by atomic mass is 19.4. The molecular weight excluding hydrogens is 788 g/mol. The normalized spacial score (nSPS) is 12.6. The van der Waals surface area contributed by atoms with Gasteiger partial charge in [-0.1, -0.05) is 144 Å². The summed E-state index contributed by atoms with van der Waals surface area (Å²) in [6, 6.07) is 49.1. The number of alkyl halides is 3. The molecule has 10 aromatic rings. The molecular formula is C55H46F3N5. The molecule has 0 saturated carbocycles. The Balaban J connectivity index is 1.30. The Labute approximate surface area is 364 Å². The molecule has 0 atom stereocenters. The molecule has 0 spiro atoms. The van der Waals surface area contributed by atoms with Gasteiger partial charge >= 0.3 is 6.18 Å². The lowest BCUT2D eigenvalue weighted by molar-refractivity contribution is -0.137. The summed E-state index contributed by atoms with van der Waals surface area (Å²) in [6.45, 7) is 15.1. The van der Waals surface area contributed by atoms with Crippen LogP contribution in [0.2, 0.25) is 0 Å². The Kier molecular flexibility index (Phi) is 9.22. The first-order valence-electron chi connectivity index (χ1n) is 21.3. The highest BCUT2D eigenvalue weighted by molar-refractivity contribution is 6.11.